The van der Waals surface area contributed by atoms with E-state index in [1.165, 1.54) is 16.8 Å². The molecule has 1 aliphatic rings. The Morgan fingerprint density at radius 1 is 1.29 bits per heavy atom. The summed E-state index contributed by atoms with van der Waals surface area (Å²) in [6.07, 6.45) is 2.18. The maximum atomic E-state index is 4.49. The number of aryl methyl sites for hydroxylation is 1. The topological polar surface area (TPSA) is 15.6 Å². The smallest absolute Gasteiger partial charge is 0.0683 e. The molecule has 0 saturated heterocycles. The van der Waals surface area contributed by atoms with Crippen molar-refractivity contribution in [3.05, 3.63) is 33.8 Å². The fourth-order valence-corrected chi connectivity index (χ4v) is 2.13. The van der Waals surface area contributed by atoms with Crippen LogP contribution in [0.5, 0.6) is 0 Å². The minimum atomic E-state index is 1.06. The predicted octanol–water partition coefficient (Wildman–Crippen LogP) is 2.66. The molecular formula is C11H13BrN2. The van der Waals surface area contributed by atoms with E-state index in [1.807, 2.05) is 19.1 Å². The Kier molecular flexibility index (Phi) is 2.59. The van der Waals surface area contributed by atoms with E-state index in [0.29, 0.717) is 0 Å². The van der Waals surface area contributed by atoms with Gasteiger partial charge >= 0.3 is 0 Å². The van der Waals surface area contributed by atoms with Gasteiger partial charge in [0.1, 0.15) is 0 Å². The van der Waals surface area contributed by atoms with Crippen LogP contribution in [0, 0.1) is 0 Å². The normalized spacial score (nSPS) is 17.2. The van der Waals surface area contributed by atoms with E-state index in [0.717, 1.165) is 17.3 Å². The lowest BCUT2D eigenvalue weighted by Gasteiger charge is -2.07. The zero-order valence-corrected chi connectivity index (χ0v) is 10.0. The monoisotopic (exact) mass is 252 g/mol. The summed E-state index contributed by atoms with van der Waals surface area (Å²) in [5, 5.41) is 6.35. The fraction of sp³-hybridized carbons (Fsp3) is 0.364. The molecule has 0 radical (unpaired) electrons. The van der Waals surface area contributed by atoms with Crippen molar-refractivity contribution in [1.82, 2.24) is 5.01 Å². The Morgan fingerprint density at radius 2 is 2.07 bits per heavy atom. The van der Waals surface area contributed by atoms with E-state index in [2.05, 4.69) is 39.2 Å². The van der Waals surface area contributed by atoms with E-state index in [1.54, 1.807) is 0 Å². The van der Waals surface area contributed by atoms with Crippen LogP contribution >= 0.6 is 15.9 Å². The molecule has 2 nitrogen and oxygen atoms in total. The van der Waals surface area contributed by atoms with Crippen LogP contribution in [-0.2, 0) is 6.42 Å². The molecule has 74 valence electrons. The highest BCUT2D eigenvalue weighted by Gasteiger charge is 2.17. The van der Waals surface area contributed by atoms with Crippen LogP contribution in [0.1, 0.15) is 17.5 Å². The summed E-state index contributed by atoms with van der Waals surface area (Å²) in [7, 11) is 3.92. The van der Waals surface area contributed by atoms with Crippen LogP contribution in [0.3, 0.4) is 0 Å². The molecule has 0 aromatic heterocycles. The van der Waals surface area contributed by atoms with Crippen molar-refractivity contribution in [3.8, 4) is 0 Å². The molecule has 0 spiro atoms. The van der Waals surface area contributed by atoms with Crippen LogP contribution in [0.2, 0.25) is 0 Å². The van der Waals surface area contributed by atoms with Gasteiger partial charge in [-0.3, -0.25) is 0 Å². The van der Waals surface area contributed by atoms with E-state index >= 15 is 0 Å². The average Bonchev–Trinajstić information content (AvgIpc) is 2.47. The summed E-state index contributed by atoms with van der Waals surface area (Å²) in [6, 6.07) is 6.43. The van der Waals surface area contributed by atoms with Gasteiger partial charge in [0, 0.05) is 24.1 Å². The highest BCUT2D eigenvalue weighted by atomic mass is 79.9. The molecule has 1 aromatic rings. The number of hydrazone groups is 1. The second-order valence-electron chi connectivity index (χ2n) is 3.70. The van der Waals surface area contributed by atoms with Gasteiger partial charge in [-0.15, -0.1) is 0 Å². The van der Waals surface area contributed by atoms with E-state index in [9.17, 15) is 0 Å². The molecule has 1 aliphatic carbocycles. The maximum Gasteiger partial charge on any atom is 0.0683 e. The predicted molar refractivity (Wildman–Crippen MR) is 62.7 cm³/mol. The van der Waals surface area contributed by atoms with Gasteiger partial charge in [0.05, 0.1) is 5.71 Å². The molecule has 0 aliphatic heterocycles. The second-order valence-corrected chi connectivity index (χ2v) is 4.61. The molecule has 0 fully saturated rings. The number of hydrogen-bond acceptors (Lipinski definition) is 2. The number of fused-ring (bicyclic) bond motifs is 1. The Labute approximate surface area is 92.7 Å². The second kappa shape index (κ2) is 3.73. The first-order valence-corrected chi connectivity index (χ1v) is 5.50. The quantitative estimate of drug-likeness (QED) is 0.702. The number of halogens is 1. The Hall–Kier alpha value is -0.830. The molecule has 0 saturated carbocycles. The van der Waals surface area contributed by atoms with Gasteiger partial charge in [-0.05, 0) is 30.5 Å². The first-order chi connectivity index (χ1) is 6.66. The van der Waals surface area contributed by atoms with Gasteiger partial charge in [-0.1, -0.05) is 22.0 Å². The summed E-state index contributed by atoms with van der Waals surface area (Å²) in [5.74, 6) is 0. The lowest BCUT2D eigenvalue weighted by Crippen LogP contribution is -2.07. The van der Waals surface area contributed by atoms with Crippen molar-refractivity contribution in [2.75, 3.05) is 14.1 Å². The van der Waals surface area contributed by atoms with Crippen molar-refractivity contribution >= 4 is 21.6 Å². The lowest BCUT2D eigenvalue weighted by molar-refractivity contribution is 0.437. The van der Waals surface area contributed by atoms with Crippen LogP contribution < -0.4 is 0 Å². The number of rotatable bonds is 1. The van der Waals surface area contributed by atoms with Gasteiger partial charge < -0.3 is 5.01 Å². The van der Waals surface area contributed by atoms with E-state index in [4.69, 9.17) is 0 Å². The zero-order chi connectivity index (χ0) is 10.1. The third-order valence-electron chi connectivity index (χ3n) is 2.33. The molecule has 0 amide bonds. The molecule has 0 N–H and O–H groups in total. The number of hydrogen-bond donors (Lipinski definition) is 0. The minimum absolute atomic E-state index is 1.06. The number of nitrogens with zero attached hydrogens (tertiary/aromatic N) is 2. The fourth-order valence-electron chi connectivity index (χ4n) is 1.77. The van der Waals surface area contributed by atoms with Crippen LogP contribution in [0.4, 0.5) is 0 Å². The lowest BCUT2D eigenvalue weighted by atomic mass is 10.1. The highest BCUT2D eigenvalue weighted by Crippen LogP contribution is 2.25. The van der Waals surface area contributed by atoms with E-state index in [-0.39, 0.29) is 0 Å². The van der Waals surface area contributed by atoms with Crippen molar-refractivity contribution < 1.29 is 0 Å². The third kappa shape index (κ3) is 1.82. The standard InChI is InChI=1S/C11H13BrN2/c1-14(2)13-11-6-4-8-3-5-9(12)7-10(8)11/h3,5,7H,4,6H2,1-2H3/b13-11+. The van der Waals surface area contributed by atoms with Crippen LogP contribution in [0.25, 0.3) is 0 Å². The van der Waals surface area contributed by atoms with Crippen molar-refractivity contribution in [2.24, 2.45) is 5.10 Å². The summed E-state index contributed by atoms with van der Waals surface area (Å²) in [5.41, 5.74) is 3.91. The Morgan fingerprint density at radius 3 is 2.79 bits per heavy atom. The van der Waals surface area contributed by atoms with Gasteiger partial charge in [-0.2, -0.15) is 5.10 Å². The largest absolute Gasteiger partial charge is 0.303 e. The summed E-state index contributed by atoms with van der Waals surface area (Å²) in [4.78, 5) is 0. The van der Waals surface area contributed by atoms with Gasteiger partial charge in [0.2, 0.25) is 0 Å². The summed E-state index contributed by atoms with van der Waals surface area (Å²) in [6.45, 7) is 0. The zero-order valence-electron chi connectivity index (χ0n) is 8.42. The maximum absolute atomic E-state index is 4.49. The van der Waals surface area contributed by atoms with Crippen LogP contribution in [0.15, 0.2) is 27.8 Å². The Balaban J connectivity index is 2.43. The highest BCUT2D eigenvalue weighted by molar-refractivity contribution is 9.10. The van der Waals surface area contributed by atoms with Gasteiger partial charge in [-0.25, -0.2) is 0 Å². The molecule has 14 heavy (non-hydrogen) atoms. The molecule has 0 atom stereocenters. The third-order valence-corrected chi connectivity index (χ3v) is 2.83. The summed E-state index contributed by atoms with van der Waals surface area (Å²) >= 11 is 3.49. The molecule has 1 aromatic carbocycles. The van der Waals surface area contributed by atoms with Crippen molar-refractivity contribution in [3.63, 3.8) is 0 Å². The molecule has 0 heterocycles. The van der Waals surface area contributed by atoms with Crippen molar-refractivity contribution in [1.29, 1.82) is 0 Å². The average molecular weight is 253 g/mol. The minimum Gasteiger partial charge on any atom is -0.303 e. The summed E-state index contributed by atoms with van der Waals surface area (Å²) < 4.78 is 1.13. The molecular weight excluding hydrogens is 240 g/mol. The SMILES string of the molecule is CN(C)/N=C1\CCc2ccc(Br)cc21. The van der Waals surface area contributed by atoms with Crippen LogP contribution in [-0.4, -0.2) is 24.8 Å². The van der Waals surface area contributed by atoms with Gasteiger partial charge in [0.25, 0.3) is 0 Å². The van der Waals surface area contributed by atoms with E-state index < -0.39 is 0 Å². The Bertz CT molecular complexity index is 383. The molecule has 2 rings (SSSR count). The number of benzene rings is 1. The molecule has 3 heteroatoms. The molecule has 0 bridgehead atoms. The van der Waals surface area contributed by atoms with Gasteiger partial charge in [0.15, 0.2) is 0 Å². The van der Waals surface area contributed by atoms with Crippen molar-refractivity contribution in [2.45, 2.75) is 12.8 Å². The molecule has 0 unspecified atom stereocenters. The first-order valence-electron chi connectivity index (χ1n) is 4.70. The first kappa shape index (κ1) is 9.71.